The second kappa shape index (κ2) is 14.3. The number of benzene rings is 1. The second-order valence-electron chi connectivity index (χ2n) is 8.81. The van der Waals surface area contributed by atoms with E-state index in [-0.39, 0.29) is 61.0 Å². The minimum Gasteiger partial charge on any atom is -0.466 e. The Bertz CT molecular complexity index is 1070. The van der Waals surface area contributed by atoms with Crippen LogP contribution in [-0.2, 0) is 33.4 Å². The zero-order chi connectivity index (χ0) is 27.5. The van der Waals surface area contributed by atoms with Crippen LogP contribution >= 0.6 is 0 Å². The first-order valence-electron chi connectivity index (χ1n) is 12.8. The topological polar surface area (TPSA) is 157 Å². The Hall–Kier alpha value is -3.64. The number of imide groups is 2. The number of hydrogen-bond donors (Lipinski definition) is 2. The van der Waals surface area contributed by atoms with Crippen molar-refractivity contribution in [2.75, 3.05) is 38.4 Å². The van der Waals surface area contributed by atoms with Gasteiger partial charge in [-0.1, -0.05) is 12.5 Å². The number of fused-ring (bicyclic) bond motifs is 1. The quantitative estimate of drug-likeness (QED) is 0.195. The molecule has 2 aliphatic rings. The molecule has 1 atom stereocenters. The van der Waals surface area contributed by atoms with Gasteiger partial charge in [-0.15, -0.1) is 0 Å². The fraction of sp³-hybridized carbons (Fsp3) is 0.538. The molecule has 38 heavy (non-hydrogen) atoms. The van der Waals surface area contributed by atoms with Crippen molar-refractivity contribution in [1.29, 1.82) is 0 Å². The Morgan fingerprint density at radius 3 is 2.47 bits per heavy atom. The molecule has 0 aromatic heterocycles. The average Bonchev–Trinajstić information content (AvgIpc) is 3.13. The molecule has 0 aliphatic carbocycles. The number of piperidine rings is 1. The lowest BCUT2D eigenvalue weighted by molar-refractivity contribution is -0.144. The van der Waals surface area contributed by atoms with Gasteiger partial charge in [0.25, 0.3) is 11.8 Å². The molecular formula is C26H33N3O9. The summed E-state index contributed by atoms with van der Waals surface area (Å²) in [6.45, 7) is 3.69. The van der Waals surface area contributed by atoms with Crippen molar-refractivity contribution >= 4 is 41.2 Å². The van der Waals surface area contributed by atoms with Gasteiger partial charge < -0.3 is 19.5 Å². The maximum absolute atomic E-state index is 13.1. The Balaban J connectivity index is 1.36. The summed E-state index contributed by atoms with van der Waals surface area (Å²) < 4.78 is 15.6. The molecule has 0 saturated carbocycles. The van der Waals surface area contributed by atoms with Crippen LogP contribution in [-0.4, -0.2) is 79.5 Å². The van der Waals surface area contributed by atoms with Gasteiger partial charge in [0.1, 0.15) is 6.04 Å². The Kier molecular flexibility index (Phi) is 10.9. The van der Waals surface area contributed by atoms with Crippen molar-refractivity contribution in [2.45, 2.75) is 57.9 Å². The van der Waals surface area contributed by atoms with Crippen molar-refractivity contribution < 1.29 is 43.0 Å². The molecule has 0 bridgehead atoms. The van der Waals surface area contributed by atoms with Gasteiger partial charge >= 0.3 is 5.97 Å². The van der Waals surface area contributed by atoms with Gasteiger partial charge in [-0.05, 0) is 38.3 Å². The van der Waals surface area contributed by atoms with Crippen molar-refractivity contribution in [1.82, 2.24) is 10.2 Å². The third kappa shape index (κ3) is 7.68. The zero-order valence-electron chi connectivity index (χ0n) is 21.4. The molecule has 1 aromatic carbocycles. The first-order valence-corrected chi connectivity index (χ1v) is 12.8. The molecule has 0 radical (unpaired) electrons. The maximum Gasteiger partial charge on any atom is 0.308 e. The summed E-state index contributed by atoms with van der Waals surface area (Å²) >= 11 is 0. The minimum absolute atomic E-state index is 0.0311. The molecule has 1 unspecified atom stereocenters. The summed E-state index contributed by atoms with van der Waals surface area (Å²) in [5, 5.41) is 4.86. The van der Waals surface area contributed by atoms with E-state index in [9.17, 15) is 28.8 Å². The van der Waals surface area contributed by atoms with Crippen LogP contribution < -0.4 is 10.6 Å². The highest BCUT2D eigenvalue weighted by Crippen LogP contribution is 2.32. The predicted molar refractivity (Wildman–Crippen MR) is 133 cm³/mol. The first-order chi connectivity index (χ1) is 18.3. The van der Waals surface area contributed by atoms with E-state index in [4.69, 9.17) is 14.2 Å². The third-order valence-corrected chi connectivity index (χ3v) is 6.06. The molecule has 1 saturated heterocycles. The third-order valence-electron chi connectivity index (χ3n) is 6.06. The van der Waals surface area contributed by atoms with Crippen LogP contribution in [0, 0.1) is 0 Å². The summed E-state index contributed by atoms with van der Waals surface area (Å²) in [5.41, 5.74) is 0.375. The van der Waals surface area contributed by atoms with Crippen molar-refractivity contribution in [3.05, 3.63) is 29.3 Å². The lowest BCUT2D eigenvalue weighted by Gasteiger charge is -2.27. The van der Waals surface area contributed by atoms with Crippen LogP contribution in [0.3, 0.4) is 0 Å². The Morgan fingerprint density at radius 2 is 1.74 bits per heavy atom. The normalized spacial score (nSPS) is 16.9. The molecule has 1 fully saturated rings. The summed E-state index contributed by atoms with van der Waals surface area (Å²) in [7, 11) is 0. The number of carbonyl (C=O) groups is 6. The summed E-state index contributed by atoms with van der Waals surface area (Å²) in [5.74, 6) is -3.01. The van der Waals surface area contributed by atoms with Gasteiger partial charge in [0.15, 0.2) is 0 Å². The van der Waals surface area contributed by atoms with Crippen molar-refractivity contribution in [3.63, 3.8) is 0 Å². The number of hydrogen-bond acceptors (Lipinski definition) is 9. The van der Waals surface area contributed by atoms with Gasteiger partial charge in [0, 0.05) is 19.4 Å². The monoisotopic (exact) mass is 531 g/mol. The van der Waals surface area contributed by atoms with Gasteiger partial charge in [0.2, 0.25) is 17.7 Å². The number of nitrogens with zero attached hydrogens (tertiary/aromatic N) is 1. The maximum atomic E-state index is 13.1. The zero-order valence-corrected chi connectivity index (χ0v) is 21.4. The number of anilines is 1. The standard InChI is InChI=1S/C26H33N3O9/c1-2-38-22(32)12-14-37-16-15-36-13-5-3-4-9-20(30)27-18-8-6-7-17-23(18)26(35)29(25(17)34)19-10-11-21(31)28-24(19)33/h6-8,19H,2-5,9-16H2,1H3,(H,27,30)(H,28,31,33). The van der Waals surface area contributed by atoms with E-state index in [0.29, 0.717) is 32.8 Å². The average molecular weight is 532 g/mol. The number of amides is 5. The second-order valence-corrected chi connectivity index (χ2v) is 8.81. The molecule has 2 aliphatic heterocycles. The molecule has 12 nitrogen and oxygen atoms in total. The number of esters is 1. The molecule has 1 aromatic rings. The number of ether oxygens (including phenoxy) is 3. The lowest BCUT2D eigenvalue weighted by Crippen LogP contribution is -2.54. The highest BCUT2D eigenvalue weighted by atomic mass is 16.5. The van der Waals surface area contributed by atoms with E-state index in [1.807, 2.05) is 0 Å². The minimum atomic E-state index is -1.07. The van der Waals surface area contributed by atoms with E-state index < -0.39 is 29.7 Å². The van der Waals surface area contributed by atoms with Crippen LogP contribution in [0.2, 0.25) is 0 Å². The number of unbranched alkanes of at least 4 members (excludes halogenated alkanes) is 2. The summed E-state index contributed by atoms with van der Waals surface area (Å²) in [6.07, 6.45) is 2.64. The SMILES string of the molecule is CCOC(=O)CCOCCOCCCCCC(=O)Nc1cccc2c1C(=O)N(C1CCC(=O)NC1=O)C2=O. The highest BCUT2D eigenvalue weighted by molar-refractivity contribution is 6.26. The van der Waals surface area contributed by atoms with E-state index >= 15 is 0 Å². The van der Waals surface area contributed by atoms with Crippen molar-refractivity contribution in [3.8, 4) is 0 Å². The summed E-state index contributed by atoms with van der Waals surface area (Å²) in [6, 6.07) is 3.51. The molecule has 206 valence electrons. The van der Waals surface area contributed by atoms with Gasteiger partial charge in [-0.2, -0.15) is 0 Å². The van der Waals surface area contributed by atoms with E-state index in [0.717, 1.165) is 17.7 Å². The largest absolute Gasteiger partial charge is 0.466 e. The van der Waals surface area contributed by atoms with Crippen LogP contribution in [0.15, 0.2) is 18.2 Å². The molecule has 2 N–H and O–H groups in total. The fourth-order valence-electron chi connectivity index (χ4n) is 4.21. The molecule has 2 heterocycles. The Labute approximate surface area is 220 Å². The van der Waals surface area contributed by atoms with E-state index in [1.54, 1.807) is 19.1 Å². The highest BCUT2D eigenvalue weighted by Gasteiger charge is 2.45. The van der Waals surface area contributed by atoms with Gasteiger partial charge in [-0.3, -0.25) is 39.0 Å². The van der Waals surface area contributed by atoms with Crippen LogP contribution in [0.5, 0.6) is 0 Å². The van der Waals surface area contributed by atoms with E-state index in [1.165, 1.54) is 6.07 Å². The number of carbonyl (C=O) groups excluding carboxylic acids is 6. The van der Waals surface area contributed by atoms with Gasteiger partial charge in [-0.25, -0.2) is 0 Å². The Morgan fingerprint density at radius 1 is 0.974 bits per heavy atom. The number of rotatable bonds is 15. The molecule has 0 spiro atoms. The molecule has 12 heteroatoms. The van der Waals surface area contributed by atoms with Crippen LogP contribution in [0.4, 0.5) is 5.69 Å². The van der Waals surface area contributed by atoms with Crippen molar-refractivity contribution in [2.24, 2.45) is 0 Å². The number of nitrogens with one attached hydrogen (secondary N) is 2. The predicted octanol–water partition coefficient (Wildman–Crippen LogP) is 1.57. The molecule has 5 amide bonds. The molecular weight excluding hydrogens is 498 g/mol. The van der Waals surface area contributed by atoms with Crippen LogP contribution in [0.1, 0.15) is 72.6 Å². The fourth-order valence-corrected chi connectivity index (χ4v) is 4.21. The van der Waals surface area contributed by atoms with Gasteiger partial charge in [0.05, 0.1) is 49.7 Å². The van der Waals surface area contributed by atoms with Crippen LogP contribution in [0.25, 0.3) is 0 Å². The van der Waals surface area contributed by atoms with E-state index in [2.05, 4.69) is 10.6 Å². The molecule has 3 rings (SSSR count). The lowest BCUT2D eigenvalue weighted by atomic mass is 10.0. The first kappa shape index (κ1) is 28.9. The summed E-state index contributed by atoms with van der Waals surface area (Å²) in [4.78, 5) is 74.2. The smallest absolute Gasteiger partial charge is 0.308 e.